The summed E-state index contributed by atoms with van der Waals surface area (Å²) in [5.74, 6) is -1.58. The van der Waals surface area contributed by atoms with Gasteiger partial charge in [0.05, 0.1) is 17.7 Å². The van der Waals surface area contributed by atoms with Crippen molar-refractivity contribution in [2.45, 2.75) is 46.6 Å². The maximum Gasteiger partial charge on any atom is 0.339 e. The third-order valence-corrected chi connectivity index (χ3v) is 5.55. The Hall–Kier alpha value is -3.64. The SMILES string of the molecule is CCCOC(=O)c1ccc(-c2c(Cl)cccc2C(=O)Nc2ccccc2C)c(C(=O)OC(C)(C)C)c1. The summed E-state index contributed by atoms with van der Waals surface area (Å²) < 4.78 is 10.9. The highest BCUT2D eigenvalue weighted by atomic mass is 35.5. The number of benzene rings is 3. The van der Waals surface area contributed by atoms with Gasteiger partial charge in [-0.05, 0) is 75.6 Å². The number of aryl methyl sites for hydroxylation is 1. The highest BCUT2D eigenvalue weighted by Crippen LogP contribution is 2.36. The number of amides is 1. The van der Waals surface area contributed by atoms with Crippen LogP contribution in [0.2, 0.25) is 5.02 Å². The Labute approximate surface area is 216 Å². The van der Waals surface area contributed by atoms with Crippen LogP contribution in [0.25, 0.3) is 11.1 Å². The molecule has 0 saturated heterocycles. The zero-order valence-electron chi connectivity index (χ0n) is 21.1. The van der Waals surface area contributed by atoms with Gasteiger partial charge in [0.15, 0.2) is 0 Å². The molecule has 0 atom stereocenters. The molecule has 0 aliphatic rings. The highest BCUT2D eigenvalue weighted by molar-refractivity contribution is 6.35. The van der Waals surface area contributed by atoms with Crippen molar-refractivity contribution in [3.63, 3.8) is 0 Å². The molecule has 0 fully saturated rings. The van der Waals surface area contributed by atoms with Crippen LogP contribution in [0, 0.1) is 6.92 Å². The Morgan fingerprint density at radius 1 is 0.917 bits per heavy atom. The molecule has 0 heterocycles. The third-order valence-electron chi connectivity index (χ3n) is 5.23. The topological polar surface area (TPSA) is 81.7 Å². The molecular weight excluding hydrogens is 478 g/mol. The summed E-state index contributed by atoms with van der Waals surface area (Å²) in [4.78, 5) is 39.1. The summed E-state index contributed by atoms with van der Waals surface area (Å²) in [7, 11) is 0. The van der Waals surface area contributed by atoms with E-state index in [9.17, 15) is 14.4 Å². The first kappa shape index (κ1) is 27.0. The number of rotatable bonds is 7. The van der Waals surface area contributed by atoms with Gasteiger partial charge in [0, 0.05) is 21.8 Å². The minimum atomic E-state index is -0.779. The van der Waals surface area contributed by atoms with E-state index in [2.05, 4.69) is 5.32 Å². The van der Waals surface area contributed by atoms with Gasteiger partial charge in [0.1, 0.15) is 5.60 Å². The van der Waals surface area contributed by atoms with Gasteiger partial charge in [-0.15, -0.1) is 0 Å². The number of anilines is 1. The summed E-state index contributed by atoms with van der Waals surface area (Å²) in [6, 6.07) is 16.9. The van der Waals surface area contributed by atoms with Gasteiger partial charge in [-0.25, -0.2) is 9.59 Å². The van der Waals surface area contributed by atoms with E-state index in [-0.39, 0.29) is 34.2 Å². The molecule has 0 radical (unpaired) electrons. The maximum atomic E-state index is 13.4. The summed E-state index contributed by atoms with van der Waals surface area (Å²) in [6.45, 7) is 9.30. The van der Waals surface area contributed by atoms with Crippen LogP contribution < -0.4 is 5.32 Å². The average Bonchev–Trinajstić information content (AvgIpc) is 2.82. The fourth-order valence-electron chi connectivity index (χ4n) is 3.56. The lowest BCUT2D eigenvalue weighted by atomic mass is 9.93. The largest absolute Gasteiger partial charge is 0.462 e. The van der Waals surface area contributed by atoms with Crippen molar-refractivity contribution < 1.29 is 23.9 Å². The van der Waals surface area contributed by atoms with Gasteiger partial charge in [0.2, 0.25) is 0 Å². The molecule has 3 rings (SSSR count). The van der Waals surface area contributed by atoms with Crippen LogP contribution in [-0.2, 0) is 9.47 Å². The third kappa shape index (κ3) is 6.52. The quantitative estimate of drug-likeness (QED) is 0.345. The van der Waals surface area contributed by atoms with Crippen molar-refractivity contribution in [3.05, 3.63) is 87.9 Å². The maximum absolute atomic E-state index is 13.4. The first-order chi connectivity index (χ1) is 17.0. The van der Waals surface area contributed by atoms with Crippen molar-refractivity contribution >= 4 is 35.1 Å². The van der Waals surface area contributed by atoms with Crippen molar-refractivity contribution in [2.24, 2.45) is 0 Å². The Bertz CT molecular complexity index is 1290. The Morgan fingerprint density at radius 3 is 2.31 bits per heavy atom. The van der Waals surface area contributed by atoms with E-state index in [0.29, 0.717) is 23.2 Å². The molecule has 36 heavy (non-hydrogen) atoms. The van der Waals surface area contributed by atoms with E-state index in [0.717, 1.165) is 5.56 Å². The van der Waals surface area contributed by atoms with Gasteiger partial charge in [-0.2, -0.15) is 0 Å². The second-order valence-electron chi connectivity index (χ2n) is 9.33. The Morgan fingerprint density at radius 2 is 1.64 bits per heavy atom. The minimum Gasteiger partial charge on any atom is -0.462 e. The van der Waals surface area contributed by atoms with Crippen LogP contribution in [0.5, 0.6) is 0 Å². The normalized spacial score (nSPS) is 11.1. The van der Waals surface area contributed by atoms with Crippen LogP contribution in [0.3, 0.4) is 0 Å². The van der Waals surface area contributed by atoms with Crippen LogP contribution in [0.15, 0.2) is 60.7 Å². The van der Waals surface area contributed by atoms with Crippen LogP contribution >= 0.6 is 11.6 Å². The predicted molar refractivity (Wildman–Crippen MR) is 142 cm³/mol. The molecule has 0 bridgehead atoms. The fraction of sp³-hybridized carbons (Fsp3) is 0.276. The molecule has 0 aliphatic heterocycles. The number of hydrogen-bond donors (Lipinski definition) is 1. The first-order valence-electron chi connectivity index (χ1n) is 11.7. The summed E-state index contributed by atoms with van der Waals surface area (Å²) >= 11 is 6.60. The van der Waals surface area contributed by atoms with E-state index < -0.39 is 17.5 Å². The van der Waals surface area contributed by atoms with E-state index in [4.69, 9.17) is 21.1 Å². The Kier molecular flexibility index (Phi) is 8.53. The molecule has 3 aromatic carbocycles. The molecule has 0 aromatic heterocycles. The summed E-state index contributed by atoms with van der Waals surface area (Å²) in [5.41, 5.74) is 2.10. The molecule has 0 spiro atoms. The van der Waals surface area contributed by atoms with E-state index in [1.165, 1.54) is 6.07 Å². The average molecular weight is 508 g/mol. The van der Waals surface area contributed by atoms with Crippen LogP contribution in [-0.4, -0.2) is 30.1 Å². The van der Waals surface area contributed by atoms with Gasteiger partial charge in [-0.3, -0.25) is 4.79 Å². The van der Waals surface area contributed by atoms with Crippen LogP contribution in [0.1, 0.15) is 70.8 Å². The van der Waals surface area contributed by atoms with Gasteiger partial charge >= 0.3 is 11.9 Å². The molecular formula is C29H30ClNO5. The monoisotopic (exact) mass is 507 g/mol. The fourth-order valence-corrected chi connectivity index (χ4v) is 3.84. The van der Waals surface area contributed by atoms with Gasteiger partial charge in [-0.1, -0.05) is 48.9 Å². The number of halogens is 1. The van der Waals surface area contributed by atoms with Crippen LogP contribution in [0.4, 0.5) is 5.69 Å². The molecule has 7 heteroatoms. The first-order valence-corrected chi connectivity index (χ1v) is 12.1. The number of carbonyl (C=O) groups is 3. The van der Waals surface area contributed by atoms with Gasteiger partial charge in [0.25, 0.3) is 5.91 Å². The summed E-state index contributed by atoms with van der Waals surface area (Å²) in [5, 5.41) is 3.19. The second kappa shape index (κ2) is 11.4. The number of nitrogens with one attached hydrogen (secondary N) is 1. The zero-order chi connectivity index (χ0) is 26.5. The van der Waals surface area contributed by atoms with Crippen molar-refractivity contribution in [1.82, 2.24) is 0 Å². The van der Waals surface area contributed by atoms with E-state index in [1.54, 1.807) is 57.2 Å². The summed E-state index contributed by atoms with van der Waals surface area (Å²) in [6.07, 6.45) is 0.668. The number of esters is 2. The lowest BCUT2D eigenvalue weighted by Crippen LogP contribution is -2.24. The standard InChI is InChI=1S/C29H30ClNO5/c1-6-16-35-27(33)19-14-15-20(22(17-19)28(34)36-29(3,4)5)25-21(11-9-12-23(25)30)26(32)31-24-13-8-7-10-18(24)2/h7-15,17H,6,16H2,1-5H3,(H,31,32). The number of para-hydroxylation sites is 1. The van der Waals surface area contributed by atoms with Crippen molar-refractivity contribution in [2.75, 3.05) is 11.9 Å². The lowest BCUT2D eigenvalue weighted by molar-refractivity contribution is 0.00703. The molecule has 188 valence electrons. The molecule has 1 N–H and O–H groups in total. The lowest BCUT2D eigenvalue weighted by Gasteiger charge is -2.22. The number of carbonyl (C=O) groups excluding carboxylic acids is 3. The van der Waals surface area contributed by atoms with Crippen molar-refractivity contribution in [1.29, 1.82) is 0 Å². The molecule has 1 amide bonds. The zero-order valence-corrected chi connectivity index (χ0v) is 21.9. The smallest absolute Gasteiger partial charge is 0.339 e. The number of ether oxygens (including phenoxy) is 2. The molecule has 0 saturated carbocycles. The number of hydrogen-bond acceptors (Lipinski definition) is 5. The molecule has 3 aromatic rings. The van der Waals surface area contributed by atoms with Gasteiger partial charge < -0.3 is 14.8 Å². The molecule has 0 aliphatic carbocycles. The molecule has 6 nitrogen and oxygen atoms in total. The predicted octanol–water partition coefficient (Wildman–Crippen LogP) is 7.09. The second-order valence-corrected chi connectivity index (χ2v) is 9.74. The highest BCUT2D eigenvalue weighted by Gasteiger charge is 2.26. The van der Waals surface area contributed by atoms with Crippen molar-refractivity contribution in [3.8, 4) is 11.1 Å². The van der Waals surface area contributed by atoms with E-state index >= 15 is 0 Å². The van der Waals surface area contributed by atoms with E-state index in [1.807, 2.05) is 32.0 Å². The molecule has 0 unspecified atom stereocenters. The Balaban J connectivity index is 2.14. The minimum absolute atomic E-state index is 0.105.